The zero-order valence-electron chi connectivity index (χ0n) is 11.3. The summed E-state index contributed by atoms with van der Waals surface area (Å²) in [6, 6.07) is 2.13. The number of nitrogens with two attached hydrogens (primary N) is 1. The molecule has 0 aliphatic heterocycles. The van der Waals surface area contributed by atoms with E-state index in [2.05, 4.69) is 4.72 Å². The minimum atomic E-state index is -3.81. The lowest BCUT2D eigenvalue weighted by molar-refractivity contribution is 0.0834. The van der Waals surface area contributed by atoms with Crippen LogP contribution in [0.3, 0.4) is 0 Å². The van der Waals surface area contributed by atoms with E-state index in [-0.39, 0.29) is 41.3 Å². The van der Waals surface area contributed by atoms with E-state index in [1.54, 1.807) is 0 Å². The van der Waals surface area contributed by atoms with E-state index in [0.29, 0.717) is 0 Å². The lowest BCUT2D eigenvalue weighted by Gasteiger charge is -2.11. The van der Waals surface area contributed by atoms with Crippen molar-refractivity contribution < 1.29 is 17.5 Å². The fourth-order valence-electron chi connectivity index (χ4n) is 1.48. The summed E-state index contributed by atoms with van der Waals surface area (Å²) in [5.41, 5.74) is 5.64. The molecule has 1 aromatic carbocycles. The van der Waals surface area contributed by atoms with Gasteiger partial charge >= 0.3 is 0 Å². The maximum atomic E-state index is 13.5. The monoisotopic (exact) mass is 324 g/mol. The average Bonchev–Trinajstić information content (AvgIpc) is 2.37. The predicted molar refractivity (Wildman–Crippen MR) is 75.6 cm³/mol. The van der Waals surface area contributed by atoms with Crippen molar-refractivity contribution >= 4 is 21.6 Å². The SMILES string of the molecule is CC(C)OCCNS(=O)(=O)c1cc(F)c(Cl)c(CN)c1. The van der Waals surface area contributed by atoms with E-state index in [0.717, 1.165) is 6.07 Å². The van der Waals surface area contributed by atoms with Gasteiger partial charge in [0.25, 0.3) is 0 Å². The Bertz CT molecular complexity index is 564. The van der Waals surface area contributed by atoms with Crippen molar-refractivity contribution in [1.82, 2.24) is 4.72 Å². The van der Waals surface area contributed by atoms with Crippen LogP contribution in [0.25, 0.3) is 0 Å². The quantitative estimate of drug-likeness (QED) is 0.747. The fraction of sp³-hybridized carbons (Fsp3) is 0.500. The van der Waals surface area contributed by atoms with Gasteiger partial charge in [0.1, 0.15) is 5.82 Å². The maximum absolute atomic E-state index is 13.5. The van der Waals surface area contributed by atoms with Crippen LogP contribution in [0, 0.1) is 5.82 Å². The molecule has 0 unspecified atom stereocenters. The number of hydrogen-bond donors (Lipinski definition) is 2. The predicted octanol–water partition coefficient (Wildman–Crippen LogP) is 1.64. The van der Waals surface area contributed by atoms with Gasteiger partial charge in [-0.15, -0.1) is 0 Å². The highest BCUT2D eigenvalue weighted by atomic mass is 35.5. The van der Waals surface area contributed by atoms with Crippen LogP contribution in [0.15, 0.2) is 17.0 Å². The number of benzene rings is 1. The zero-order valence-corrected chi connectivity index (χ0v) is 12.9. The first-order valence-corrected chi connectivity index (χ1v) is 7.93. The van der Waals surface area contributed by atoms with Crippen LogP contribution >= 0.6 is 11.6 Å². The molecule has 0 amide bonds. The topological polar surface area (TPSA) is 81.4 Å². The molecule has 8 heteroatoms. The molecule has 0 saturated heterocycles. The van der Waals surface area contributed by atoms with E-state index in [4.69, 9.17) is 22.1 Å². The Labute approximate surface area is 123 Å². The maximum Gasteiger partial charge on any atom is 0.240 e. The molecule has 0 radical (unpaired) electrons. The highest BCUT2D eigenvalue weighted by Gasteiger charge is 2.18. The Kier molecular flexibility index (Phi) is 6.35. The Morgan fingerprint density at radius 1 is 1.45 bits per heavy atom. The number of rotatable bonds is 7. The highest BCUT2D eigenvalue weighted by molar-refractivity contribution is 7.89. The van der Waals surface area contributed by atoms with Gasteiger partial charge in [0.05, 0.1) is 22.6 Å². The van der Waals surface area contributed by atoms with Crippen LogP contribution in [0.2, 0.25) is 5.02 Å². The van der Waals surface area contributed by atoms with Crippen molar-refractivity contribution in [3.05, 3.63) is 28.5 Å². The van der Waals surface area contributed by atoms with Gasteiger partial charge in [0.15, 0.2) is 0 Å². The van der Waals surface area contributed by atoms with Crippen LogP contribution in [0.1, 0.15) is 19.4 Å². The van der Waals surface area contributed by atoms with Crippen LogP contribution in [-0.2, 0) is 21.3 Å². The molecule has 0 saturated carbocycles. The molecule has 0 aromatic heterocycles. The summed E-state index contributed by atoms with van der Waals surface area (Å²) in [4.78, 5) is -0.204. The van der Waals surface area contributed by atoms with Gasteiger partial charge in [0.2, 0.25) is 10.0 Å². The van der Waals surface area contributed by atoms with E-state index in [9.17, 15) is 12.8 Å². The molecule has 20 heavy (non-hydrogen) atoms. The van der Waals surface area contributed by atoms with Gasteiger partial charge in [-0.1, -0.05) is 11.6 Å². The largest absolute Gasteiger partial charge is 0.377 e. The first kappa shape index (κ1) is 17.3. The van der Waals surface area contributed by atoms with Crippen molar-refractivity contribution in [2.45, 2.75) is 31.4 Å². The van der Waals surface area contributed by atoms with Crippen LogP contribution in [-0.4, -0.2) is 27.7 Å². The number of sulfonamides is 1. The van der Waals surface area contributed by atoms with Crippen LogP contribution < -0.4 is 10.5 Å². The molecule has 0 aliphatic rings. The van der Waals surface area contributed by atoms with Crippen molar-refractivity contribution in [1.29, 1.82) is 0 Å². The molecule has 5 nitrogen and oxygen atoms in total. The highest BCUT2D eigenvalue weighted by Crippen LogP contribution is 2.23. The second kappa shape index (κ2) is 7.33. The van der Waals surface area contributed by atoms with Gasteiger partial charge < -0.3 is 10.5 Å². The zero-order chi connectivity index (χ0) is 15.3. The second-order valence-electron chi connectivity index (χ2n) is 4.40. The molecule has 0 atom stereocenters. The third kappa shape index (κ3) is 4.68. The fourth-order valence-corrected chi connectivity index (χ4v) is 2.74. The smallest absolute Gasteiger partial charge is 0.240 e. The third-order valence-corrected chi connectivity index (χ3v) is 4.32. The number of ether oxygens (including phenoxy) is 1. The lowest BCUT2D eigenvalue weighted by atomic mass is 10.2. The van der Waals surface area contributed by atoms with Crippen molar-refractivity contribution in [2.75, 3.05) is 13.2 Å². The number of hydrogen-bond acceptors (Lipinski definition) is 4. The minimum Gasteiger partial charge on any atom is -0.377 e. The van der Waals surface area contributed by atoms with E-state index < -0.39 is 15.8 Å². The molecule has 0 aliphatic carbocycles. The van der Waals surface area contributed by atoms with Crippen molar-refractivity contribution in [3.8, 4) is 0 Å². The summed E-state index contributed by atoms with van der Waals surface area (Å²) in [5, 5.41) is -0.158. The first-order valence-electron chi connectivity index (χ1n) is 6.07. The molecule has 1 rings (SSSR count). The van der Waals surface area contributed by atoms with Crippen LogP contribution in [0.4, 0.5) is 4.39 Å². The molecule has 0 fully saturated rings. The number of halogens is 2. The molecule has 0 heterocycles. The van der Waals surface area contributed by atoms with Gasteiger partial charge in [-0.3, -0.25) is 0 Å². The standard InChI is InChI=1S/C12H18ClFN2O3S/c1-8(2)19-4-3-16-20(17,18)10-5-9(7-15)12(13)11(14)6-10/h5-6,8,16H,3-4,7,15H2,1-2H3. The van der Waals surface area contributed by atoms with E-state index >= 15 is 0 Å². The summed E-state index contributed by atoms with van der Waals surface area (Å²) in [6.45, 7) is 3.97. The first-order chi connectivity index (χ1) is 9.27. The summed E-state index contributed by atoms with van der Waals surface area (Å²) in [6.07, 6.45) is 0.0105. The lowest BCUT2D eigenvalue weighted by Crippen LogP contribution is -2.28. The summed E-state index contributed by atoms with van der Waals surface area (Å²) in [7, 11) is -3.81. The van der Waals surface area contributed by atoms with Crippen molar-refractivity contribution in [2.24, 2.45) is 5.73 Å². The molecular formula is C12H18ClFN2O3S. The molecule has 3 N–H and O–H groups in total. The van der Waals surface area contributed by atoms with Crippen LogP contribution in [0.5, 0.6) is 0 Å². The Morgan fingerprint density at radius 2 is 2.10 bits per heavy atom. The molecule has 114 valence electrons. The molecular weight excluding hydrogens is 307 g/mol. The summed E-state index contributed by atoms with van der Waals surface area (Å²) in [5.74, 6) is -0.812. The third-order valence-electron chi connectivity index (χ3n) is 2.45. The normalized spacial score (nSPS) is 12.1. The molecule has 1 aromatic rings. The Balaban J connectivity index is 2.85. The summed E-state index contributed by atoms with van der Waals surface area (Å²) >= 11 is 5.69. The molecule has 0 bridgehead atoms. The summed E-state index contributed by atoms with van der Waals surface area (Å²) < 4.78 is 45.1. The van der Waals surface area contributed by atoms with Gasteiger partial charge in [-0.05, 0) is 31.5 Å². The Morgan fingerprint density at radius 3 is 2.65 bits per heavy atom. The Hall–Kier alpha value is -0.730. The molecule has 0 spiro atoms. The second-order valence-corrected chi connectivity index (χ2v) is 6.54. The number of nitrogens with one attached hydrogen (secondary N) is 1. The van der Waals surface area contributed by atoms with Crippen molar-refractivity contribution in [3.63, 3.8) is 0 Å². The van der Waals surface area contributed by atoms with Gasteiger partial charge in [-0.25, -0.2) is 17.5 Å². The van der Waals surface area contributed by atoms with E-state index in [1.807, 2.05) is 13.8 Å². The van der Waals surface area contributed by atoms with Gasteiger partial charge in [0, 0.05) is 13.1 Å². The van der Waals surface area contributed by atoms with E-state index in [1.165, 1.54) is 6.07 Å². The minimum absolute atomic E-state index is 0.0105. The average molecular weight is 325 g/mol. The van der Waals surface area contributed by atoms with Gasteiger partial charge in [-0.2, -0.15) is 0 Å².